The first kappa shape index (κ1) is 25.3. The number of aliphatic imine (C=N–C) groups is 1. The van der Waals surface area contributed by atoms with Gasteiger partial charge in [0, 0.05) is 19.3 Å². The number of halogens is 2. The number of pyridine rings is 1. The van der Waals surface area contributed by atoms with E-state index in [4.69, 9.17) is 4.74 Å². The van der Waals surface area contributed by atoms with Crippen molar-refractivity contribution in [2.75, 3.05) is 33.3 Å². The van der Waals surface area contributed by atoms with Crippen molar-refractivity contribution < 1.29 is 9.13 Å². The summed E-state index contributed by atoms with van der Waals surface area (Å²) in [5.74, 6) is 1.19. The van der Waals surface area contributed by atoms with Gasteiger partial charge in [0.2, 0.25) is 0 Å². The minimum Gasteiger partial charge on any atom is -0.497 e. The minimum absolute atomic E-state index is 0. The van der Waals surface area contributed by atoms with Crippen LogP contribution >= 0.6 is 24.0 Å². The molecule has 8 heteroatoms. The maximum absolute atomic E-state index is 13.9. The maximum Gasteiger partial charge on any atom is 0.191 e. The quantitative estimate of drug-likeness (QED) is 0.299. The Morgan fingerprint density at radius 3 is 2.55 bits per heavy atom. The van der Waals surface area contributed by atoms with E-state index in [-0.39, 0.29) is 42.4 Å². The molecule has 1 fully saturated rings. The lowest BCUT2D eigenvalue weighted by molar-refractivity contribution is 0.164. The Morgan fingerprint density at radius 1 is 1.16 bits per heavy atom. The summed E-state index contributed by atoms with van der Waals surface area (Å²) in [6, 6.07) is 11.5. The maximum atomic E-state index is 13.9. The van der Waals surface area contributed by atoms with Crippen LogP contribution in [0, 0.1) is 5.82 Å². The fourth-order valence-electron chi connectivity index (χ4n) is 3.74. The van der Waals surface area contributed by atoms with Gasteiger partial charge in [0.1, 0.15) is 11.6 Å². The summed E-state index contributed by atoms with van der Waals surface area (Å²) in [6.45, 7) is 5.83. The van der Waals surface area contributed by atoms with Crippen LogP contribution in [0.25, 0.3) is 0 Å². The average Bonchev–Trinajstić information content (AvgIpc) is 2.79. The zero-order chi connectivity index (χ0) is 21.2. The monoisotopic (exact) mass is 541 g/mol. The fourth-order valence-corrected chi connectivity index (χ4v) is 3.74. The Bertz CT molecular complexity index is 812. The van der Waals surface area contributed by atoms with E-state index in [2.05, 4.69) is 37.6 Å². The number of nitrogens with one attached hydrogen (secondary N) is 2. The van der Waals surface area contributed by atoms with Crippen molar-refractivity contribution in [1.29, 1.82) is 0 Å². The molecule has 0 saturated carbocycles. The second-order valence-corrected chi connectivity index (χ2v) is 7.39. The number of hydrogen-bond acceptors (Lipinski definition) is 4. The second kappa shape index (κ2) is 13.5. The highest BCUT2D eigenvalue weighted by Crippen LogP contribution is 2.25. The Hall–Kier alpha value is -1.94. The Morgan fingerprint density at radius 2 is 1.90 bits per heavy atom. The SMILES string of the molecule is CCNC(=NCc1ncccc1F)NCC(c1ccc(OC)cc1)N1CCCCC1.I. The first-order chi connectivity index (χ1) is 14.7. The van der Waals surface area contributed by atoms with Crippen LogP contribution in [0.5, 0.6) is 5.75 Å². The highest BCUT2D eigenvalue weighted by Gasteiger charge is 2.22. The van der Waals surface area contributed by atoms with Crippen molar-refractivity contribution in [3.05, 3.63) is 59.7 Å². The van der Waals surface area contributed by atoms with Gasteiger partial charge >= 0.3 is 0 Å². The van der Waals surface area contributed by atoms with Crippen molar-refractivity contribution in [3.63, 3.8) is 0 Å². The van der Waals surface area contributed by atoms with Crippen molar-refractivity contribution in [2.24, 2.45) is 4.99 Å². The van der Waals surface area contributed by atoms with Gasteiger partial charge in [-0.15, -0.1) is 24.0 Å². The smallest absolute Gasteiger partial charge is 0.191 e. The summed E-state index contributed by atoms with van der Waals surface area (Å²) in [6.07, 6.45) is 5.32. The molecule has 1 aliphatic rings. The minimum atomic E-state index is -0.332. The van der Waals surface area contributed by atoms with E-state index in [1.807, 2.05) is 19.1 Å². The molecule has 0 amide bonds. The van der Waals surface area contributed by atoms with Gasteiger partial charge in [-0.3, -0.25) is 9.88 Å². The van der Waals surface area contributed by atoms with Gasteiger partial charge in [-0.25, -0.2) is 9.38 Å². The van der Waals surface area contributed by atoms with Crippen LogP contribution in [0.4, 0.5) is 4.39 Å². The molecule has 1 atom stereocenters. The van der Waals surface area contributed by atoms with Gasteiger partial charge in [-0.1, -0.05) is 18.6 Å². The van der Waals surface area contributed by atoms with Crippen molar-refractivity contribution in [2.45, 2.75) is 38.8 Å². The van der Waals surface area contributed by atoms with E-state index >= 15 is 0 Å². The van der Waals surface area contributed by atoms with Crippen LogP contribution < -0.4 is 15.4 Å². The molecule has 6 nitrogen and oxygen atoms in total. The number of nitrogens with zero attached hydrogens (tertiary/aromatic N) is 3. The van der Waals surface area contributed by atoms with E-state index in [9.17, 15) is 4.39 Å². The van der Waals surface area contributed by atoms with Gasteiger partial charge in [0.15, 0.2) is 5.96 Å². The third-order valence-corrected chi connectivity index (χ3v) is 5.36. The molecule has 2 aromatic rings. The van der Waals surface area contributed by atoms with Crippen LogP contribution in [0.15, 0.2) is 47.6 Å². The lowest BCUT2D eigenvalue weighted by Crippen LogP contribution is -2.44. The predicted molar refractivity (Wildman–Crippen MR) is 134 cm³/mol. The normalized spacial score (nSPS) is 15.6. The molecule has 1 saturated heterocycles. The lowest BCUT2D eigenvalue weighted by atomic mass is 10.0. The first-order valence-electron chi connectivity index (χ1n) is 10.7. The van der Waals surface area contributed by atoms with Crippen molar-refractivity contribution >= 4 is 29.9 Å². The van der Waals surface area contributed by atoms with Crippen molar-refractivity contribution in [3.8, 4) is 5.75 Å². The number of methoxy groups -OCH3 is 1. The first-order valence-corrected chi connectivity index (χ1v) is 10.7. The molecule has 1 unspecified atom stereocenters. The molecule has 1 aromatic heterocycles. The Kier molecular flexibility index (Phi) is 11.0. The summed E-state index contributed by atoms with van der Waals surface area (Å²) >= 11 is 0. The van der Waals surface area contributed by atoms with Crippen LogP contribution in [-0.2, 0) is 6.54 Å². The van der Waals surface area contributed by atoms with Gasteiger partial charge < -0.3 is 15.4 Å². The van der Waals surface area contributed by atoms with E-state index < -0.39 is 0 Å². The molecule has 0 radical (unpaired) electrons. The molecule has 1 aromatic carbocycles. The zero-order valence-corrected chi connectivity index (χ0v) is 20.6. The average molecular weight is 541 g/mol. The summed E-state index contributed by atoms with van der Waals surface area (Å²) in [4.78, 5) is 11.1. The number of benzene rings is 1. The Balaban J connectivity index is 0.00000341. The molecule has 2 N–H and O–H groups in total. The second-order valence-electron chi connectivity index (χ2n) is 7.39. The van der Waals surface area contributed by atoms with E-state index in [0.717, 1.165) is 25.4 Å². The van der Waals surface area contributed by atoms with Gasteiger partial charge in [-0.2, -0.15) is 0 Å². The van der Waals surface area contributed by atoms with E-state index in [1.54, 1.807) is 19.4 Å². The molecule has 170 valence electrons. The molecule has 31 heavy (non-hydrogen) atoms. The summed E-state index contributed by atoms with van der Waals surface area (Å²) in [7, 11) is 1.68. The molecular weight excluding hydrogens is 508 g/mol. The molecule has 1 aliphatic heterocycles. The third kappa shape index (κ3) is 7.60. The molecule has 0 aliphatic carbocycles. The third-order valence-electron chi connectivity index (χ3n) is 5.36. The highest BCUT2D eigenvalue weighted by atomic mass is 127. The van der Waals surface area contributed by atoms with Gasteiger partial charge in [0.25, 0.3) is 0 Å². The topological polar surface area (TPSA) is 61.8 Å². The van der Waals surface area contributed by atoms with Crippen LogP contribution in [0.1, 0.15) is 43.5 Å². The summed E-state index contributed by atoms with van der Waals surface area (Å²) in [5.41, 5.74) is 1.59. The molecular formula is C23H33FIN5O. The highest BCUT2D eigenvalue weighted by molar-refractivity contribution is 14.0. The van der Waals surface area contributed by atoms with Gasteiger partial charge in [0.05, 0.1) is 25.4 Å². The largest absolute Gasteiger partial charge is 0.497 e. The Labute approximate surface area is 201 Å². The van der Waals surface area contributed by atoms with Crippen LogP contribution in [0.2, 0.25) is 0 Å². The molecule has 3 rings (SSSR count). The van der Waals surface area contributed by atoms with Crippen molar-refractivity contribution in [1.82, 2.24) is 20.5 Å². The lowest BCUT2D eigenvalue weighted by Gasteiger charge is -2.35. The van der Waals surface area contributed by atoms with E-state index in [0.29, 0.717) is 18.2 Å². The number of aromatic nitrogens is 1. The number of likely N-dealkylation sites (tertiary alicyclic amines) is 1. The zero-order valence-electron chi connectivity index (χ0n) is 18.3. The number of ether oxygens (including phenoxy) is 1. The summed E-state index contributed by atoms with van der Waals surface area (Å²) in [5, 5.41) is 6.70. The van der Waals surface area contributed by atoms with Gasteiger partial charge in [-0.05, 0) is 62.7 Å². The standard InChI is InChI=1S/C23H32FN5O.HI/c1-3-25-23(27-16-21-20(24)8-7-13-26-21)28-17-22(29-14-5-4-6-15-29)18-9-11-19(30-2)12-10-18;/h7-13,22H,3-6,14-17H2,1-2H3,(H2,25,27,28);1H. The number of hydrogen-bond donors (Lipinski definition) is 2. The number of guanidine groups is 1. The molecule has 0 bridgehead atoms. The number of piperidine rings is 1. The summed E-state index contributed by atoms with van der Waals surface area (Å²) < 4.78 is 19.2. The molecule has 2 heterocycles. The fraction of sp³-hybridized carbons (Fsp3) is 0.478. The number of rotatable bonds is 8. The predicted octanol–water partition coefficient (Wildman–Crippen LogP) is 4.13. The van der Waals surface area contributed by atoms with E-state index in [1.165, 1.54) is 30.9 Å². The van der Waals surface area contributed by atoms with Crippen LogP contribution in [-0.4, -0.2) is 49.1 Å². The van der Waals surface area contributed by atoms with Crippen LogP contribution in [0.3, 0.4) is 0 Å². The molecule has 0 spiro atoms.